The summed E-state index contributed by atoms with van der Waals surface area (Å²) in [5.41, 5.74) is 5.94. The van der Waals surface area contributed by atoms with Crippen LogP contribution in [-0.4, -0.2) is 34.0 Å². The molecule has 118 valence electrons. The maximum atomic E-state index is 11.5. The minimum Gasteiger partial charge on any atom is -0.342 e. The van der Waals surface area contributed by atoms with Gasteiger partial charge in [-0.05, 0) is 25.7 Å². The lowest BCUT2D eigenvalue weighted by Gasteiger charge is -2.30. The monoisotopic (exact) mass is 314 g/mol. The fourth-order valence-electron chi connectivity index (χ4n) is 3.30. The minimum atomic E-state index is -0.406. The first kappa shape index (κ1) is 16.2. The number of halogens is 1. The highest BCUT2D eigenvalue weighted by molar-refractivity contribution is 5.85. The third kappa shape index (κ3) is 3.21. The number of hydrogen-bond acceptors (Lipinski definition) is 5. The summed E-state index contributed by atoms with van der Waals surface area (Å²) in [7, 11) is 0. The van der Waals surface area contributed by atoms with Crippen molar-refractivity contribution in [2.24, 2.45) is 5.73 Å². The van der Waals surface area contributed by atoms with Crippen LogP contribution < -0.4 is 5.73 Å². The molecule has 0 bridgehead atoms. The number of nitrogens with zero attached hydrogens (tertiary/aromatic N) is 3. The third-order valence-corrected chi connectivity index (χ3v) is 4.60. The molecule has 2 aliphatic rings. The second-order valence-electron chi connectivity index (χ2n) is 6.12. The van der Waals surface area contributed by atoms with Crippen molar-refractivity contribution in [3.63, 3.8) is 0 Å². The Bertz CT molecular complexity index is 499. The van der Waals surface area contributed by atoms with E-state index >= 15 is 0 Å². The SMILES string of the molecule is CC(=O)N1CCCC(c2nc(C3(N)CCCC3)no2)C1.Cl. The van der Waals surface area contributed by atoms with Gasteiger partial charge in [0.05, 0.1) is 11.5 Å². The van der Waals surface area contributed by atoms with Crippen molar-refractivity contribution in [1.82, 2.24) is 15.0 Å². The Hall–Kier alpha value is -1.14. The Labute approximate surface area is 130 Å². The molecule has 1 aromatic rings. The van der Waals surface area contributed by atoms with E-state index in [9.17, 15) is 4.79 Å². The fourth-order valence-corrected chi connectivity index (χ4v) is 3.30. The molecule has 1 aromatic heterocycles. The van der Waals surface area contributed by atoms with E-state index in [0.717, 1.165) is 45.1 Å². The van der Waals surface area contributed by atoms with Gasteiger partial charge in [-0.1, -0.05) is 18.0 Å². The Morgan fingerprint density at radius 2 is 2.10 bits per heavy atom. The van der Waals surface area contributed by atoms with Gasteiger partial charge in [-0.3, -0.25) is 4.79 Å². The number of rotatable bonds is 2. The van der Waals surface area contributed by atoms with Crippen LogP contribution in [0, 0.1) is 0 Å². The number of aromatic nitrogens is 2. The van der Waals surface area contributed by atoms with Crippen molar-refractivity contribution in [3.8, 4) is 0 Å². The quantitative estimate of drug-likeness (QED) is 0.901. The first-order valence-electron chi connectivity index (χ1n) is 7.47. The zero-order valence-corrected chi connectivity index (χ0v) is 13.2. The van der Waals surface area contributed by atoms with Crippen LogP contribution in [0.2, 0.25) is 0 Å². The minimum absolute atomic E-state index is 0. The van der Waals surface area contributed by atoms with E-state index in [4.69, 9.17) is 10.3 Å². The molecule has 7 heteroatoms. The lowest BCUT2D eigenvalue weighted by molar-refractivity contribution is -0.130. The van der Waals surface area contributed by atoms with Crippen LogP contribution in [0.25, 0.3) is 0 Å². The summed E-state index contributed by atoms with van der Waals surface area (Å²) < 4.78 is 5.43. The number of amides is 1. The highest BCUT2D eigenvalue weighted by Crippen LogP contribution is 2.35. The largest absolute Gasteiger partial charge is 0.342 e. The van der Waals surface area contributed by atoms with E-state index in [1.54, 1.807) is 6.92 Å². The summed E-state index contributed by atoms with van der Waals surface area (Å²) >= 11 is 0. The molecule has 3 rings (SSSR count). The van der Waals surface area contributed by atoms with Crippen molar-refractivity contribution in [2.75, 3.05) is 13.1 Å². The van der Waals surface area contributed by atoms with Crippen LogP contribution >= 0.6 is 12.4 Å². The van der Waals surface area contributed by atoms with Gasteiger partial charge in [0.15, 0.2) is 5.82 Å². The summed E-state index contributed by atoms with van der Waals surface area (Å²) in [5.74, 6) is 1.55. The second-order valence-corrected chi connectivity index (χ2v) is 6.12. The van der Waals surface area contributed by atoms with E-state index in [1.807, 2.05) is 4.90 Å². The number of carbonyl (C=O) groups excluding carboxylic acids is 1. The molecule has 21 heavy (non-hydrogen) atoms. The van der Waals surface area contributed by atoms with Crippen molar-refractivity contribution >= 4 is 18.3 Å². The summed E-state index contributed by atoms with van der Waals surface area (Å²) in [6, 6.07) is 0. The topological polar surface area (TPSA) is 85.2 Å². The first-order chi connectivity index (χ1) is 9.58. The maximum Gasteiger partial charge on any atom is 0.231 e. The summed E-state index contributed by atoms with van der Waals surface area (Å²) in [6.07, 6.45) is 6.08. The number of hydrogen-bond donors (Lipinski definition) is 1. The van der Waals surface area contributed by atoms with Crippen LogP contribution in [0.5, 0.6) is 0 Å². The highest BCUT2D eigenvalue weighted by atomic mass is 35.5. The maximum absolute atomic E-state index is 11.5. The Morgan fingerprint density at radius 3 is 2.76 bits per heavy atom. The van der Waals surface area contributed by atoms with E-state index in [1.165, 1.54) is 0 Å². The molecule has 2 N–H and O–H groups in total. The number of piperidine rings is 1. The second kappa shape index (κ2) is 6.32. The van der Waals surface area contributed by atoms with Gasteiger partial charge in [0.2, 0.25) is 11.8 Å². The van der Waals surface area contributed by atoms with Gasteiger partial charge in [-0.25, -0.2) is 0 Å². The zero-order chi connectivity index (χ0) is 14.2. The summed E-state index contributed by atoms with van der Waals surface area (Å²) in [5, 5.41) is 4.10. The summed E-state index contributed by atoms with van der Waals surface area (Å²) in [4.78, 5) is 17.9. The fraction of sp³-hybridized carbons (Fsp3) is 0.786. The van der Waals surface area contributed by atoms with Gasteiger partial charge in [-0.2, -0.15) is 4.98 Å². The first-order valence-corrected chi connectivity index (χ1v) is 7.47. The molecule has 1 saturated heterocycles. The standard InChI is InChI=1S/C14H22N4O2.ClH/c1-10(19)18-8-4-5-11(9-18)12-16-13(17-20-12)14(15)6-2-3-7-14;/h11H,2-9,15H2,1H3;1H. The van der Waals surface area contributed by atoms with E-state index in [-0.39, 0.29) is 24.2 Å². The molecule has 1 aliphatic heterocycles. The predicted molar refractivity (Wildman–Crippen MR) is 80.1 cm³/mol. The molecule has 1 unspecified atom stereocenters. The lowest BCUT2D eigenvalue weighted by Crippen LogP contribution is -2.38. The molecule has 6 nitrogen and oxygen atoms in total. The van der Waals surface area contributed by atoms with Crippen LogP contribution in [0.4, 0.5) is 0 Å². The molecular formula is C14H23ClN4O2. The van der Waals surface area contributed by atoms with Crippen molar-refractivity contribution in [1.29, 1.82) is 0 Å². The molecule has 0 radical (unpaired) electrons. The average molecular weight is 315 g/mol. The van der Waals surface area contributed by atoms with Crippen LogP contribution in [0.1, 0.15) is 63.1 Å². The summed E-state index contributed by atoms with van der Waals surface area (Å²) in [6.45, 7) is 3.11. The van der Waals surface area contributed by atoms with E-state index < -0.39 is 5.54 Å². The molecule has 1 saturated carbocycles. The Morgan fingerprint density at radius 1 is 1.38 bits per heavy atom. The smallest absolute Gasteiger partial charge is 0.231 e. The van der Waals surface area contributed by atoms with Crippen molar-refractivity contribution < 1.29 is 9.32 Å². The number of nitrogens with two attached hydrogens (primary N) is 1. The van der Waals surface area contributed by atoms with Gasteiger partial charge in [0.25, 0.3) is 0 Å². The van der Waals surface area contributed by atoms with Gasteiger partial charge in [0, 0.05) is 20.0 Å². The average Bonchev–Trinajstić information content (AvgIpc) is 3.08. The molecule has 2 fully saturated rings. The van der Waals surface area contributed by atoms with Crippen molar-refractivity contribution in [3.05, 3.63) is 11.7 Å². The zero-order valence-electron chi connectivity index (χ0n) is 12.4. The van der Waals surface area contributed by atoms with Crippen molar-refractivity contribution in [2.45, 2.75) is 56.9 Å². The Balaban J connectivity index is 0.00000161. The molecule has 1 atom stereocenters. The lowest BCUT2D eigenvalue weighted by atomic mass is 9.96. The molecule has 1 amide bonds. The van der Waals surface area contributed by atoms with Gasteiger partial charge >= 0.3 is 0 Å². The van der Waals surface area contributed by atoms with Gasteiger partial charge < -0.3 is 15.2 Å². The van der Waals surface area contributed by atoms with Crippen LogP contribution in [0.15, 0.2) is 4.52 Å². The van der Waals surface area contributed by atoms with E-state index in [0.29, 0.717) is 18.3 Å². The Kier molecular flexibility index (Phi) is 4.88. The van der Waals surface area contributed by atoms with Crippen LogP contribution in [0.3, 0.4) is 0 Å². The van der Waals surface area contributed by atoms with Gasteiger partial charge in [-0.15, -0.1) is 12.4 Å². The molecule has 2 heterocycles. The van der Waals surface area contributed by atoms with Crippen LogP contribution in [-0.2, 0) is 10.3 Å². The molecule has 0 spiro atoms. The highest BCUT2D eigenvalue weighted by Gasteiger charge is 2.37. The molecule has 1 aliphatic carbocycles. The third-order valence-electron chi connectivity index (χ3n) is 4.60. The molecular weight excluding hydrogens is 292 g/mol. The number of carbonyl (C=O) groups is 1. The molecule has 0 aromatic carbocycles. The van der Waals surface area contributed by atoms with E-state index in [2.05, 4.69) is 10.1 Å². The number of likely N-dealkylation sites (tertiary alicyclic amines) is 1. The normalized spacial score (nSPS) is 24.7. The van der Waals surface area contributed by atoms with Gasteiger partial charge in [0.1, 0.15) is 0 Å². The predicted octanol–water partition coefficient (Wildman–Crippen LogP) is 1.95.